The van der Waals surface area contributed by atoms with E-state index in [2.05, 4.69) is 34.1 Å². The molecular weight excluding hydrogens is 356 g/mol. The van der Waals surface area contributed by atoms with E-state index >= 15 is 0 Å². The highest BCUT2D eigenvalue weighted by atomic mass is 16.5. The standard InChI is InChI=1S/C20H22N6O2/c1-13(2)9-10-25-12-21-19-17(20(25)27)22-23-18-16(14-7-5-4-6-8-14)15(11-28-3)24-26(18)19/h4-8,12-13H,9-11H2,1-3H3. The molecule has 0 spiro atoms. The van der Waals surface area contributed by atoms with Gasteiger partial charge in [0.05, 0.1) is 17.9 Å². The Labute approximate surface area is 161 Å². The summed E-state index contributed by atoms with van der Waals surface area (Å²) in [7, 11) is 1.62. The SMILES string of the molecule is COCc1nn2c(nnc3c(=O)n(CCC(C)C)cnc32)c1-c1ccccc1. The molecule has 1 aromatic carbocycles. The van der Waals surface area contributed by atoms with Crippen LogP contribution in [0.1, 0.15) is 26.0 Å². The Morgan fingerprint density at radius 3 is 2.61 bits per heavy atom. The molecule has 3 aromatic heterocycles. The second-order valence-electron chi connectivity index (χ2n) is 7.15. The molecule has 0 fully saturated rings. The van der Waals surface area contributed by atoms with Gasteiger partial charge in [-0.15, -0.1) is 10.2 Å². The van der Waals surface area contributed by atoms with Gasteiger partial charge in [-0.25, -0.2) is 4.98 Å². The lowest BCUT2D eigenvalue weighted by molar-refractivity contribution is 0.181. The summed E-state index contributed by atoms with van der Waals surface area (Å²) in [6.07, 6.45) is 2.45. The van der Waals surface area contributed by atoms with Crippen molar-refractivity contribution >= 4 is 16.8 Å². The van der Waals surface area contributed by atoms with Crippen LogP contribution in [0.4, 0.5) is 0 Å². The van der Waals surface area contributed by atoms with Gasteiger partial charge >= 0.3 is 0 Å². The van der Waals surface area contributed by atoms with Crippen molar-refractivity contribution < 1.29 is 4.74 Å². The number of fused-ring (bicyclic) bond motifs is 3. The summed E-state index contributed by atoms with van der Waals surface area (Å²) in [5.74, 6) is 0.493. The fourth-order valence-electron chi connectivity index (χ4n) is 3.20. The van der Waals surface area contributed by atoms with Crippen molar-refractivity contribution in [1.29, 1.82) is 0 Å². The van der Waals surface area contributed by atoms with Crippen molar-refractivity contribution in [2.75, 3.05) is 7.11 Å². The first kappa shape index (κ1) is 18.2. The van der Waals surface area contributed by atoms with Crippen LogP contribution in [0.5, 0.6) is 0 Å². The highest BCUT2D eigenvalue weighted by Gasteiger charge is 2.20. The summed E-state index contributed by atoms with van der Waals surface area (Å²) in [5.41, 5.74) is 3.48. The summed E-state index contributed by atoms with van der Waals surface area (Å²) >= 11 is 0. The van der Waals surface area contributed by atoms with Gasteiger partial charge in [0.2, 0.25) is 0 Å². The van der Waals surface area contributed by atoms with E-state index in [9.17, 15) is 4.79 Å². The third-order valence-corrected chi connectivity index (χ3v) is 4.66. The number of nitrogens with zero attached hydrogens (tertiary/aromatic N) is 6. The van der Waals surface area contributed by atoms with E-state index in [1.54, 1.807) is 22.5 Å². The van der Waals surface area contributed by atoms with E-state index in [1.807, 2.05) is 30.3 Å². The topological polar surface area (TPSA) is 87.2 Å². The van der Waals surface area contributed by atoms with Crippen LogP contribution in [0, 0.1) is 5.92 Å². The normalized spacial score (nSPS) is 11.7. The minimum atomic E-state index is -0.204. The molecule has 8 nitrogen and oxygen atoms in total. The lowest BCUT2D eigenvalue weighted by Crippen LogP contribution is -2.23. The van der Waals surface area contributed by atoms with Gasteiger partial charge in [0.15, 0.2) is 16.8 Å². The third kappa shape index (κ3) is 3.16. The fraction of sp³-hybridized carbons (Fsp3) is 0.350. The molecule has 3 heterocycles. The summed E-state index contributed by atoms with van der Waals surface area (Å²) in [6.45, 7) is 5.16. The zero-order valence-electron chi connectivity index (χ0n) is 16.2. The maximum absolute atomic E-state index is 12.8. The van der Waals surface area contributed by atoms with Crippen molar-refractivity contribution in [2.45, 2.75) is 33.4 Å². The van der Waals surface area contributed by atoms with Crippen molar-refractivity contribution in [3.63, 3.8) is 0 Å². The molecule has 8 heteroatoms. The Morgan fingerprint density at radius 1 is 1.11 bits per heavy atom. The van der Waals surface area contributed by atoms with Gasteiger partial charge in [-0.1, -0.05) is 44.2 Å². The van der Waals surface area contributed by atoms with Gasteiger partial charge in [0, 0.05) is 13.7 Å². The Bertz CT molecular complexity index is 1180. The van der Waals surface area contributed by atoms with E-state index in [0.29, 0.717) is 30.4 Å². The molecular formula is C20H22N6O2. The molecule has 4 aromatic rings. The number of methoxy groups -OCH3 is 1. The van der Waals surface area contributed by atoms with E-state index in [-0.39, 0.29) is 11.1 Å². The van der Waals surface area contributed by atoms with E-state index in [0.717, 1.165) is 23.2 Å². The van der Waals surface area contributed by atoms with Crippen LogP contribution in [-0.4, -0.2) is 36.5 Å². The van der Waals surface area contributed by atoms with E-state index in [4.69, 9.17) is 4.74 Å². The molecule has 0 saturated carbocycles. The minimum absolute atomic E-state index is 0.204. The fourth-order valence-corrected chi connectivity index (χ4v) is 3.20. The number of benzene rings is 1. The number of aromatic nitrogens is 6. The van der Waals surface area contributed by atoms with Gasteiger partial charge in [-0.3, -0.25) is 9.36 Å². The molecule has 0 aliphatic heterocycles. The molecule has 28 heavy (non-hydrogen) atoms. The van der Waals surface area contributed by atoms with Crippen LogP contribution in [0.25, 0.3) is 27.9 Å². The largest absolute Gasteiger partial charge is 0.378 e. The predicted octanol–water partition coefficient (Wildman–Crippen LogP) is 2.69. The van der Waals surface area contributed by atoms with E-state index < -0.39 is 0 Å². The summed E-state index contributed by atoms with van der Waals surface area (Å²) < 4.78 is 8.49. The molecule has 0 amide bonds. The Hall–Kier alpha value is -3.13. The molecule has 0 aliphatic carbocycles. The molecule has 144 valence electrons. The van der Waals surface area contributed by atoms with Gasteiger partial charge in [-0.2, -0.15) is 9.61 Å². The van der Waals surface area contributed by atoms with E-state index in [1.165, 1.54) is 0 Å². The van der Waals surface area contributed by atoms with Crippen molar-refractivity contribution in [3.05, 3.63) is 52.7 Å². The van der Waals surface area contributed by atoms with Gasteiger partial charge in [0.1, 0.15) is 6.33 Å². The zero-order chi connectivity index (χ0) is 19.7. The molecule has 4 rings (SSSR count). The average molecular weight is 378 g/mol. The van der Waals surface area contributed by atoms with Crippen molar-refractivity contribution in [1.82, 2.24) is 29.4 Å². The molecule has 0 aliphatic rings. The van der Waals surface area contributed by atoms with Crippen LogP contribution in [0.2, 0.25) is 0 Å². The number of ether oxygens (including phenoxy) is 1. The minimum Gasteiger partial charge on any atom is -0.378 e. The first-order valence-electron chi connectivity index (χ1n) is 9.28. The highest BCUT2D eigenvalue weighted by molar-refractivity contribution is 5.83. The summed E-state index contributed by atoms with van der Waals surface area (Å²) in [6, 6.07) is 9.83. The third-order valence-electron chi connectivity index (χ3n) is 4.66. The molecule has 0 bridgehead atoms. The molecule has 0 atom stereocenters. The van der Waals surface area contributed by atoms with Gasteiger partial charge in [-0.05, 0) is 17.9 Å². The number of hydrogen-bond donors (Lipinski definition) is 0. The quantitative estimate of drug-likeness (QED) is 0.513. The Balaban J connectivity index is 1.93. The van der Waals surface area contributed by atoms with Crippen LogP contribution in [0.3, 0.4) is 0 Å². The molecule has 0 unspecified atom stereocenters. The number of aryl methyl sites for hydroxylation is 1. The first-order valence-corrected chi connectivity index (χ1v) is 9.28. The van der Waals surface area contributed by atoms with Crippen LogP contribution in [0.15, 0.2) is 41.5 Å². The maximum Gasteiger partial charge on any atom is 0.283 e. The lowest BCUT2D eigenvalue weighted by Gasteiger charge is -2.08. The Kier molecular flexibility index (Phi) is 4.87. The van der Waals surface area contributed by atoms with Gasteiger partial charge in [0.25, 0.3) is 5.56 Å². The van der Waals surface area contributed by atoms with Crippen molar-refractivity contribution in [2.24, 2.45) is 5.92 Å². The Morgan fingerprint density at radius 2 is 1.89 bits per heavy atom. The predicted molar refractivity (Wildman–Crippen MR) is 106 cm³/mol. The highest BCUT2D eigenvalue weighted by Crippen LogP contribution is 2.28. The van der Waals surface area contributed by atoms with Crippen LogP contribution in [-0.2, 0) is 17.9 Å². The smallest absolute Gasteiger partial charge is 0.283 e. The van der Waals surface area contributed by atoms with Gasteiger partial charge < -0.3 is 4.74 Å². The van der Waals surface area contributed by atoms with Crippen molar-refractivity contribution in [3.8, 4) is 11.1 Å². The second kappa shape index (κ2) is 7.47. The zero-order valence-corrected chi connectivity index (χ0v) is 16.2. The average Bonchev–Trinajstić information content (AvgIpc) is 3.06. The first-order chi connectivity index (χ1) is 13.6. The lowest BCUT2D eigenvalue weighted by atomic mass is 10.1. The maximum atomic E-state index is 12.8. The van der Waals surface area contributed by atoms with Crippen LogP contribution >= 0.6 is 0 Å². The number of rotatable bonds is 6. The molecule has 0 radical (unpaired) electrons. The molecule has 0 N–H and O–H groups in total. The van der Waals surface area contributed by atoms with Crippen LogP contribution < -0.4 is 5.56 Å². The second-order valence-corrected chi connectivity index (χ2v) is 7.15. The molecule has 0 saturated heterocycles. The monoisotopic (exact) mass is 378 g/mol. The number of hydrogen-bond acceptors (Lipinski definition) is 6. The summed E-state index contributed by atoms with van der Waals surface area (Å²) in [5, 5.41) is 13.2. The summed E-state index contributed by atoms with van der Waals surface area (Å²) in [4.78, 5) is 17.3.